The molecule has 2 aromatic rings. The van der Waals surface area contributed by atoms with Crippen molar-refractivity contribution >= 4 is 11.6 Å². The predicted octanol–water partition coefficient (Wildman–Crippen LogP) is 3.87. The topological polar surface area (TPSA) is 76.8 Å². The maximum atomic E-state index is 13.4. The largest absolute Gasteiger partial charge is 0.497 e. The molecule has 4 rings (SSSR count). The monoisotopic (exact) mass is 487 g/mol. The van der Waals surface area contributed by atoms with E-state index in [-0.39, 0.29) is 30.3 Å². The van der Waals surface area contributed by atoms with Crippen LogP contribution in [0.25, 0.3) is 0 Å². The van der Waals surface area contributed by atoms with E-state index in [0.29, 0.717) is 50.5 Å². The van der Waals surface area contributed by atoms with E-state index in [9.17, 15) is 23.1 Å². The molecule has 1 N–H and O–H groups in total. The number of rotatable bonds is 5. The number of nitriles is 1. The molecule has 0 radical (unpaired) electrons. The van der Waals surface area contributed by atoms with E-state index >= 15 is 0 Å². The van der Waals surface area contributed by atoms with Gasteiger partial charge in [-0.2, -0.15) is 18.4 Å². The first kappa shape index (κ1) is 24.9. The molecule has 2 saturated heterocycles. The Kier molecular flexibility index (Phi) is 6.95. The number of methoxy groups -OCH3 is 1. The molecule has 0 bridgehead atoms. The molecular weight excluding hydrogens is 459 g/mol. The van der Waals surface area contributed by atoms with Crippen LogP contribution in [0.3, 0.4) is 0 Å². The third-order valence-corrected chi connectivity index (χ3v) is 7.43. The maximum Gasteiger partial charge on any atom is 0.417 e. The highest BCUT2D eigenvalue weighted by Gasteiger charge is 2.49. The lowest BCUT2D eigenvalue weighted by Gasteiger charge is -2.43. The van der Waals surface area contributed by atoms with Crippen LogP contribution in [-0.4, -0.2) is 55.8 Å². The molecule has 2 aromatic carbocycles. The molecule has 186 valence electrons. The van der Waals surface area contributed by atoms with Crippen LogP contribution in [0, 0.1) is 22.7 Å². The fourth-order valence-electron chi connectivity index (χ4n) is 5.38. The van der Waals surface area contributed by atoms with Crippen LogP contribution in [0.1, 0.15) is 29.5 Å². The molecule has 1 atom stereocenters. The number of halogens is 3. The van der Waals surface area contributed by atoms with Crippen molar-refractivity contribution in [3.05, 3.63) is 59.2 Å². The van der Waals surface area contributed by atoms with E-state index in [1.165, 1.54) is 6.07 Å². The number of alkyl halides is 3. The zero-order chi connectivity index (χ0) is 25.2. The van der Waals surface area contributed by atoms with Crippen molar-refractivity contribution in [1.29, 1.82) is 5.26 Å². The van der Waals surface area contributed by atoms with Crippen LogP contribution >= 0.6 is 0 Å². The number of likely N-dealkylation sites (tertiary alicyclic amines) is 1. The molecule has 35 heavy (non-hydrogen) atoms. The second-order valence-corrected chi connectivity index (χ2v) is 9.37. The lowest BCUT2D eigenvalue weighted by atomic mass is 9.71. The van der Waals surface area contributed by atoms with Gasteiger partial charge in [0.2, 0.25) is 5.91 Å². The van der Waals surface area contributed by atoms with Gasteiger partial charge in [-0.25, -0.2) is 0 Å². The molecule has 2 aliphatic rings. The van der Waals surface area contributed by atoms with Crippen LogP contribution in [-0.2, 0) is 17.4 Å². The van der Waals surface area contributed by atoms with Crippen molar-refractivity contribution in [3.63, 3.8) is 0 Å². The van der Waals surface area contributed by atoms with Gasteiger partial charge in [-0.15, -0.1) is 0 Å². The number of benzene rings is 2. The van der Waals surface area contributed by atoms with Crippen LogP contribution in [0.4, 0.5) is 18.9 Å². The van der Waals surface area contributed by atoms with Gasteiger partial charge in [-0.05, 0) is 54.2 Å². The predicted molar refractivity (Wildman–Crippen MR) is 124 cm³/mol. The Labute approximate surface area is 202 Å². The summed E-state index contributed by atoms with van der Waals surface area (Å²) in [6.45, 7) is 1.97. The number of hydrogen-bond donors (Lipinski definition) is 1. The SMILES string of the molecule is COc1cccc(CC(=O)N2CC(CO)C3(CCN(c4ccc(C#N)c(C(F)(F)F)c4)CC3)C2)c1. The summed E-state index contributed by atoms with van der Waals surface area (Å²) in [4.78, 5) is 16.7. The Bertz CT molecular complexity index is 1120. The number of aliphatic hydroxyl groups is 1. The number of carbonyl (C=O) groups excluding carboxylic acids is 1. The summed E-state index contributed by atoms with van der Waals surface area (Å²) in [6, 6.07) is 12.8. The summed E-state index contributed by atoms with van der Waals surface area (Å²) >= 11 is 0. The van der Waals surface area contributed by atoms with Gasteiger partial charge in [0.15, 0.2) is 0 Å². The lowest BCUT2D eigenvalue weighted by Crippen LogP contribution is -2.45. The van der Waals surface area contributed by atoms with Gasteiger partial charge in [-0.3, -0.25) is 4.79 Å². The number of carbonyl (C=O) groups is 1. The molecule has 0 aromatic heterocycles. The van der Waals surface area contributed by atoms with Gasteiger partial charge in [0.1, 0.15) is 5.75 Å². The summed E-state index contributed by atoms with van der Waals surface area (Å²) < 4.78 is 45.4. The van der Waals surface area contributed by atoms with Crippen molar-refractivity contribution in [1.82, 2.24) is 4.90 Å². The Balaban J connectivity index is 1.45. The highest BCUT2D eigenvalue weighted by Crippen LogP contribution is 2.46. The summed E-state index contributed by atoms with van der Waals surface area (Å²) in [7, 11) is 1.57. The van der Waals surface area contributed by atoms with E-state index in [0.717, 1.165) is 11.6 Å². The second kappa shape index (κ2) is 9.78. The van der Waals surface area contributed by atoms with Crippen molar-refractivity contribution in [2.24, 2.45) is 11.3 Å². The minimum absolute atomic E-state index is 0.0158. The van der Waals surface area contributed by atoms with E-state index in [1.54, 1.807) is 24.1 Å². The summed E-state index contributed by atoms with van der Waals surface area (Å²) in [5.74, 6) is 0.591. The van der Waals surface area contributed by atoms with Gasteiger partial charge in [-0.1, -0.05) is 12.1 Å². The number of nitrogens with zero attached hydrogens (tertiary/aromatic N) is 3. The highest BCUT2D eigenvalue weighted by molar-refractivity contribution is 5.79. The lowest BCUT2D eigenvalue weighted by molar-refractivity contribution is -0.137. The molecule has 2 fully saturated rings. The molecule has 2 heterocycles. The molecule has 9 heteroatoms. The molecule has 2 aliphatic heterocycles. The first-order valence-corrected chi connectivity index (χ1v) is 11.6. The molecule has 0 saturated carbocycles. The summed E-state index contributed by atoms with van der Waals surface area (Å²) in [5, 5.41) is 19.1. The molecule has 0 aliphatic carbocycles. The second-order valence-electron chi connectivity index (χ2n) is 9.37. The Morgan fingerprint density at radius 2 is 1.97 bits per heavy atom. The van der Waals surface area contributed by atoms with Gasteiger partial charge in [0, 0.05) is 44.4 Å². The van der Waals surface area contributed by atoms with Crippen molar-refractivity contribution in [2.45, 2.75) is 25.4 Å². The normalized spacial score (nSPS) is 19.6. The van der Waals surface area contributed by atoms with Crippen LogP contribution < -0.4 is 9.64 Å². The molecular formula is C26H28F3N3O3. The fourth-order valence-corrected chi connectivity index (χ4v) is 5.38. The van der Waals surface area contributed by atoms with Gasteiger partial charge in [0.05, 0.1) is 30.7 Å². The number of piperidine rings is 1. The number of aliphatic hydroxyl groups excluding tert-OH is 1. The number of anilines is 1. The third kappa shape index (κ3) is 5.08. The first-order valence-electron chi connectivity index (χ1n) is 11.6. The average molecular weight is 488 g/mol. The Morgan fingerprint density at radius 3 is 2.60 bits per heavy atom. The van der Waals surface area contributed by atoms with E-state index in [4.69, 9.17) is 10.00 Å². The molecule has 1 unspecified atom stereocenters. The van der Waals surface area contributed by atoms with Gasteiger partial charge >= 0.3 is 6.18 Å². The molecule has 6 nitrogen and oxygen atoms in total. The van der Waals surface area contributed by atoms with Gasteiger partial charge < -0.3 is 19.6 Å². The standard InChI is InChI=1S/C26H28F3N3O3/c1-35-22-4-2-3-18(11-22)12-24(34)32-15-20(16-33)25(17-32)7-9-31(10-8-25)21-6-5-19(14-30)23(13-21)26(27,28)29/h2-6,11,13,20,33H,7-10,12,15-17H2,1H3. The Morgan fingerprint density at radius 1 is 1.23 bits per heavy atom. The van der Waals surface area contributed by atoms with E-state index < -0.39 is 17.3 Å². The first-order chi connectivity index (χ1) is 16.7. The number of hydrogen-bond acceptors (Lipinski definition) is 5. The van der Waals surface area contributed by atoms with Crippen molar-refractivity contribution in [2.75, 3.05) is 44.8 Å². The average Bonchev–Trinajstić information content (AvgIpc) is 3.21. The van der Waals surface area contributed by atoms with Crippen LogP contribution in [0.15, 0.2) is 42.5 Å². The molecule has 1 amide bonds. The number of ether oxygens (including phenoxy) is 1. The molecule has 1 spiro atoms. The maximum absolute atomic E-state index is 13.4. The summed E-state index contributed by atoms with van der Waals surface area (Å²) in [6.07, 6.45) is -3.05. The zero-order valence-corrected chi connectivity index (χ0v) is 19.5. The van der Waals surface area contributed by atoms with Crippen molar-refractivity contribution in [3.8, 4) is 11.8 Å². The van der Waals surface area contributed by atoms with E-state index in [2.05, 4.69) is 0 Å². The van der Waals surface area contributed by atoms with Crippen LogP contribution in [0.2, 0.25) is 0 Å². The minimum Gasteiger partial charge on any atom is -0.497 e. The summed E-state index contributed by atoms with van der Waals surface area (Å²) in [5.41, 5.74) is -0.311. The third-order valence-electron chi connectivity index (χ3n) is 7.43. The van der Waals surface area contributed by atoms with E-state index in [1.807, 2.05) is 29.2 Å². The van der Waals surface area contributed by atoms with Crippen LogP contribution in [0.5, 0.6) is 5.75 Å². The van der Waals surface area contributed by atoms with Crippen molar-refractivity contribution < 1.29 is 27.8 Å². The van der Waals surface area contributed by atoms with Gasteiger partial charge in [0.25, 0.3) is 0 Å². The highest BCUT2D eigenvalue weighted by atomic mass is 19.4. The quantitative estimate of drug-likeness (QED) is 0.693. The fraction of sp³-hybridized carbons (Fsp3) is 0.462. The number of amides is 1. The Hall–Kier alpha value is -3.25. The zero-order valence-electron chi connectivity index (χ0n) is 19.5. The smallest absolute Gasteiger partial charge is 0.417 e. The minimum atomic E-state index is -4.60.